The normalized spacial score (nSPS) is 33.5. The van der Waals surface area contributed by atoms with Crippen LogP contribution in [0.15, 0.2) is 25.3 Å². The smallest absolute Gasteiger partial charge is 0.311 e. The quantitative estimate of drug-likeness (QED) is 0.404. The van der Waals surface area contributed by atoms with Gasteiger partial charge in [-0.2, -0.15) is 0 Å². The molecule has 2 amide bonds. The summed E-state index contributed by atoms with van der Waals surface area (Å²) in [6.45, 7) is 14.1. The van der Waals surface area contributed by atoms with E-state index in [-0.39, 0.29) is 54.8 Å². The molecule has 3 heterocycles. The Kier molecular flexibility index (Phi) is 7.21. The zero-order chi connectivity index (χ0) is 22.9. The maximum atomic E-state index is 13.9. The van der Waals surface area contributed by atoms with Crippen molar-refractivity contribution in [1.29, 1.82) is 0 Å². The highest BCUT2D eigenvalue weighted by atomic mass is 32.2. The van der Waals surface area contributed by atoms with Gasteiger partial charge in [-0.05, 0) is 32.6 Å². The van der Waals surface area contributed by atoms with Gasteiger partial charge in [0.05, 0.1) is 16.6 Å². The molecule has 0 aromatic rings. The van der Waals surface area contributed by atoms with Crippen LogP contribution in [0.25, 0.3) is 0 Å². The Hall–Kier alpha value is -1.80. The van der Waals surface area contributed by atoms with Crippen molar-refractivity contribution in [3.8, 4) is 0 Å². The summed E-state index contributed by atoms with van der Waals surface area (Å²) in [6, 6.07) is -0.718. The number of fused-ring (bicyclic) bond motifs is 1. The van der Waals surface area contributed by atoms with Gasteiger partial charge in [0.25, 0.3) is 0 Å². The molecule has 0 aliphatic carbocycles. The number of ether oxygens (including phenoxy) is 1. The Bertz CT molecular complexity index is 756. The molecule has 0 radical (unpaired) electrons. The first-order valence-electron chi connectivity index (χ1n) is 11.0. The molecule has 3 aliphatic heterocycles. The van der Waals surface area contributed by atoms with Gasteiger partial charge in [-0.1, -0.05) is 25.7 Å². The lowest BCUT2D eigenvalue weighted by atomic mass is 9.66. The SMILES string of the molecule is C=CCOC(=O)[C@@H]1[C@H]2C(=O)N(CCCO)C(C(=O)N(CC=C)C(C)C)C23S[C@@H]1CC3C. The van der Waals surface area contributed by atoms with Gasteiger partial charge < -0.3 is 19.6 Å². The first-order chi connectivity index (χ1) is 14.8. The summed E-state index contributed by atoms with van der Waals surface area (Å²) in [5, 5.41) is 9.37. The molecule has 3 unspecified atom stereocenters. The molecular weight excluding hydrogens is 416 g/mol. The lowest BCUT2D eigenvalue weighted by Gasteiger charge is -2.41. The molecule has 172 valence electrons. The molecule has 0 aromatic heterocycles. The highest BCUT2D eigenvalue weighted by Gasteiger charge is 2.76. The summed E-state index contributed by atoms with van der Waals surface area (Å²) in [5.41, 5.74) is 0. The summed E-state index contributed by atoms with van der Waals surface area (Å²) in [7, 11) is 0. The third-order valence-corrected chi connectivity index (χ3v) is 8.96. The summed E-state index contributed by atoms with van der Waals surface area (Å²) in [6.07, 6.45) is 4.36. The van der Waals surface area contributed by atoms with Crippen molar-refractivity contribution in [2.24, 2.45) is 17.8 Å². The molecule has 3 aliphatic rings. The fourth-order valence-corrected chi connectivity index (χ4v) is 8.04. The van der Waals surface area contributed by atoms with Crippen LogP contribution in [0.3, 0.4) is 0 Å². The zero-order valence-corrected chi connectivity index (χ0v) is 19.5. The van der Waals surface area contributed by atoms with E-state index in [1.165, 1.54) is 6.08 Å². The highest BCUT2D eigenvalue weighted by Crippen LogP contribution is 2.68. The molecule has 6 atom stereocenters. The maximum absolute atomic E-state index is 13.9. The van der Waals surface area contributed by atoms with Crippen LogP contribution in [-0.4, -0.2) is 81.1 Å². The number of nitrogens with zero attached hydrogens (tertiary/aromatic N) is 2. The fourth-order valence-electron chi connectivity index (χ4n) is 5.64. The summed E-state index contributed by atoms with van der Waals surface area (Å²) in [5.74, 6) is -1.71. The summed E-state index contributed by atoms with van der Waals surface area (Å²) < 4.78 is 4.70. The van der Waals surface area contributed by atoms with E-state index in [1.54, 1.807) is 27.6 Å². The molecule has 8 heteroatoms. The predicted molar refractivity (Wildman–Crippen MR) is 120 cm³/mol. The van der Waals surface area contributed by atoms with Gasteiger partial charge in [0.15, 0.2) is 0 Å². The number of hydrogen-bond donors (Lipinski definition) is 1. The predicted octanol–water partition coefficient (Wildman–Crippen LogP) is 1.86. The zero-order valence-electron chi connectivity index (χ0n) is 18.7. The highest BCUT2D eigenvalue weighted by molar-refractivity contribution is 8.02. The molecule has 3 rings (SSSR count). The van der Waals surface area contributed by atoms with E-state index in [0.717, 1.165) is 6.42 Å². The molecule has 1 spiro atoms. The van der Waals surface area contributed by atoms with Gasteiger partial charge in [0.2, 0.25) is 11.8 Å². The minimum absolute atomic E-state index is 0.0385. The number of esters is 1. The number of hydrogen-bond acceptors (Lipinski definition) is 6. The van der Waals surface area contributed by atoms with Gasteiger partial charge in [0.1, 0.15) is 12.6 Å². The van der Waals surface area contributed by atoms with Crippen molar-refractivity contribution in [3.05, 3.63) is 25.3 Å². The molecule has 3 saturated heterocycles. The molecule has 0 aromatic carbocycles. The van der Waals surface area contributed by atoms with E-state index in [1.807, 2.05) is 13.8 Å². The van der Waals surface area contributed by atoms with Gasteiger partial charge in [-0.3, -0.25) is 14.4 Å². The number of carbonyl (C=O) groups excluding carboxylic acids is 3. The van der Waals surface area contributed by atoms with Crippen molar-refractivity contribution in [2.75, 3.05) is 26.3 Å². The first-order valence-corrected chi connectivity index (χ1v) is 11.9. The molecule has 7 nitrogen and oxygen atoms in total. The Morgan fingerprint density at radius 3 is 2.68 bits per heavy atom. The molecule has 2 bridgehead atoms. The van der Waals surface area contributed by atoms with E-state index in [0.29, 0.717) is 13.0 Å². The largest absolute Gasteiger partial charge is 0.461 e. The van der Waals surface area contributed by atoms with Crippen LogP contribution in [0, 0.1) is 17.8 Å². The summed E-state index contributed by atoms with van der Waals surface area (Å²) in [4.78, 5) is 43.9. The second-order valence-corrected chi connectivity index (χ2v) is 10.5. The molecule has 3 fully saturated rings. The van der Waals surface area contributed by atoms with E-state index in [9.17, 15) is 19.5 Å². The van der Waals surface area contributed by atoms with Crippen molar-refractivity contribution >= 4 is 29.5 Å². The average Bonchev–Trinajstić information content (AvgIpc) is 3.31. The van der Waals surface area contributed by atoms with Crippen LogP contribution < -0.4 is 0 Å². The topological polar surface area (TPSA) is 87.1 Å². The molecule has 1 N–H and O–H groups in total. The third kappa shape index (κ3) is 3.71. The second-order valence-electron chi connectivity index (χ2n) is 8.95. The van der Waals surface area contributed by atoms with Crippen LogP contribution in [0.5, 0.6) is 0 Å². The van der Waals surface area contributed by atoms with Crippen molar-refractivity contribution < 1.29 is 24.2 Å². The van der Waals surface area contributed by atoms with E-state index < -0.39 is 22.6 Å². The van der Waals surface area contributed by atoms with Crippen LogP contribution in [-0.2, 0) is 19.1 Å². The Morgan fingerprint density at radius 1 is 1.39 bits per heavy atom. The molecule has 31 heavy (non-hydrogen) atoms. The van der Waals surface area contributed by atoms with Crippen molar-refractivity contribution in [2.45, 2.75) is 55.7 Å². The van der Waals surface area contributed by atoms with Crippen LogP contribution >= 0.6 is 11.8 Å². The average molecular weight is 451 g/mol. The Labute approximate surface area is 188 Å². The van der Waals surface area contributed by atoms with Gasteiger partial charge in [0, 0.05) is 31.0 Å². The van der Waals surface area contributed by atoms with Gasteiger partial charge >= 0.3 is 5.97 Å². The lowest BCUT2D eigenvalue weighted by molar-refractivity contribution is -0.153. The number of rotatable bonds is 10. The van der Waals surface area contributed by atoms with Crippen LogP contribution in [0.1, 0.15) is 33.6 Å². The number of amides is 2. The van der Waals surface area contributed by atoms with Crippen molar-refractivity contribution in [1.82, 2.24) is 9.80 Å². The minimum atomic E-state index is -0.666. The summed E-state index contributed by atoms with van der Waals surface area (Å²) >= 11 is 1.63. The molecular formula is C23H34N2O5S. The van der Waals surface area contributed by atoms with Gasteiger partial charge in [-0.25, -0.2) is 0 Å². The van der Waals surface area contributed by atoms with Crippen LogP contribution in [0.4, 0.5) is 0 Å². The fraction of sp³-hybridized carbons (Fsp3) is 0.696. The number of carbonyl (C=O) groups is 3. The lowest BCUT2D eigenvalue weighted by Crippen LogP contribution is -2.58. The maximum Gasteiger partial charge on any atom is 0.311 e. The Balaban J connectivity index is 2.05. The van der Waals surface area contributed by atoms with E-state index in [2.05, 4.69) is 20.1 Å². The molecule has 0 saturated carbocycles. The van der Waals surface area contributed by atoms with Crippen molar-refractivity contribution in [3.63, 3.8) is 0 Å². The first kappa shape index (κ1) is 23.9. The van der Waals surface area contributed by atoms with E-state index >= 15 is 0 Å². The monoisotopic (exact) mass is 450 g/mol. The minimum Gasteiger partial charge on any atom is -0.461 e. The Morgan fingerprint density at radius 2 is 2.10 bits per heavy atom. The second kappa shape index (κ2) is 9.36. The number of aliphatic hydroxyl groups excluding tert-OH is 1. The van der Waals surface area contributed by atoms with Gasteiger partial charge in [-0.15, -0.1) is 18.3 Å². The number of aliphatic hydroxyl groups is 1. The number of likely N-dealkylation sites (tertiary alicyclic amines) is 1. The third-order valence-electron chi connectivity index (χ3n) is 6.88. The van der Waals surface area contributed by atoms with E-state index in [4.69, 9.17) is 4.74 Å². The number of thioether (sulfide) groups is 1. The standard InChI is InChI=1S/C23H34N2O5S/c1-6-9-24(14(3)4)21(28)19-23-15(5)13-16(31-23)17(22(29)30-12-7-2)18(23)20(27)25(19)10-8-11-26/h6-7,14-19,26H,1-2,8-13H2,3-5H3/t15?,16-,17+,18+,19?,23?/m1/s1. The van der Waals surface area contributed by atoms with Crippen LogP contribution in [0.2, 0.25) is 0 Å².